The number of para-hydroxylation sites is 1. The number of carboxylic acids is 1. The highest BCUT2D eigenvalue weighted by Crippen LogP contribution is 2.24. The second kappa shape index (κ2) is 9.53. The van der Waals surface area contributed by atoms with E-state index in [1.165, 1.54) is 6.08 Å². The Kier molecular flexibility index (Phi) is 6.17. The molecule has 1 N–H and O–H groups in total. The number of carbonyl (C=O) groups excluding carboxylic acids is 1. The minimum absolute atomic E-state index is 0.192. The Balaban J connectivity index is 1.59. The van der Waals surface area contributed by atoms with Crippen molar-refractivity contribution in [3.63, 3.8) is 0 Å². The second-order valence-electron chi connectivity index (χ2n) is 6.85. The summed E-state index contributed by atoms with van der Waals surface area (Å²) < 4.78 is 6.87. The summed E-state index contributed by atoms with van der Waals surface area (Å²) in [6, 6.07) is 19.8. The number of nitrogens with zero attached hydrogens (tertiary/aromatic N) is 3. The molecule has 0 aliphatic carbocycles. The topological polar surface area (TPSA) is 94.3 Å². The lowest BCUT2D eigenvalue weighted by molar-refractivity contribution is -0.139. The fraction of sp³-hybridized carbons (Fsp3) is 0.0400. The molecule has 0 fully saturated rings. The zero-order valence-corrected chi connectivity index (χ0v) is 17.0. The summed E-state index contributed by atoms with van der Waals surface area (Å²) in [6.45, 7) is -0.434. The number of carbonyl (C=O) groups is 2. The van der Waals surface area contributed by atoms with Gasteiger partial charge in [-0.25, -0.2) is 9.48 Å². The van der Waals surface area contributed by atoms with Gasteiger partial charge in [-0.1, -0.05) is 18.2 Å². The van der Waals surface area contributed by atoms with Gasteiger partial charge in [0, 0.05) is 35.3 Å². The van der Waals surface area contributed by atoms with Gasteiger partial charge in [0.1, 0.15) is 11.4 Å². The number of benzene rings is 2. The first-order chi connectivity index (χ1) is 15.6. The van der Waals surface area contributed by atoms with E-state index in [0.29, 0.717) is 11.3 Å². The van der Waals surface area contributed by atoms with Gasteiger partial charge in [0.25, 0.3) is 0 Å². The van der Waals surface area contributed by atoms with Gasteiger partial charge >= 0.3 is 5.97 Å². The van der Waals surface area contributed by atoms with Gasteiger partial charge in [0.15, 0.2) is 12.4 Å². The average molecular weight is 425 g/mol. The molecule has 7 heteroatoms. The van der Waals surface area contributed by atoms with Crippen molar-refractivity contribution < 1.29 is 19.4 Å². The van der Waals surface area contributed by atoms with Crippen LogP contribution >= 0.6 is 0 Å². The summed E-state index contributed by atoms with van der Waals surface area (Å²) in [5.41, 5.74) is 3.78. The van der Waals surface area contributed by atoms with Crippen LogP contribution in [0, 0.1) is 0 Å². The molecule has 2 heterocycles. The molecular weight excluding hydrogens is 406 g/mol. The number of aliphatic carboxylic acids is 1. The first kappa shape index (κ1) is 20.7. The molecule has 0 atom stereocenters. The van der Waals surface area contributed by atoms with Crippen molar-refractivity contribution in [1.29, 1.82) is 0 Å². The van der Waals surface area contributed by atoms with Gasteiger partial charge in [-0.05, 0) is 60.7 Å². The van der Waals surface area contributed by atoms with Crippen LogP contribution < -0.4 is 4.74 Å². The smallest absolute Gasteiger partial charge is 0.341 e. The van der Waals surface area contributed by atoms with Crippen molar-refractivity contribution in [3.8, 4) is 22.7 Å². The summed E-state index contributed by atoms with van der Waals surface area (Å²) in [5, 5.41) is 13.4. The van der Waals surface area contributed by atoms with E-state index in [2.05, 4.69) is 4.98 Å². The first-order valence-electron chi connectivity index (χ1n) is 9.83. The van der Waals surface area contributed by atoms with Crippen LogP contribution in [-0.2, 0) is 4.79 Å². The zero-order chi connectivity index (χ0) is 22.3. The van der Waals surface area contributed by atoms with Crippen molar-refractivity contribution in [3.05, 3.63) is 103 Å². The normalized spacial score (nSPS) is 10.9. The summed E-state index contributed by atoms with van der Waals surface area (Å²) in [6.07, 6.45) is 8.49. The monoisotopic (exact) mass is 425 g/mol. The third-order valence-corrected chi connectivity index (χ3v) is 4.63. The molecule has 7 nitrogen and oxygen atoms in total. The molecule has 0 radical (unpaired) electrons. The molecule has 0 aliphatic rings. The number of rotatable bonds is 8. The number of carboxylic acid groups (broad SMARTS) is 1. The predicted octanol–water partition coefficient (Wildman–Crippen LogP) is 4.29. The third-order valence-electron chi connectivity index (χ3n) is 4.63. The molecule has 0 saturated heterocycles. The standard InChI is InChI=1S/C25H19N3O4/c29-23(18-6-9-22(10-7-18)32-17-24(30)31)11-8-20-16-28(21-4-2-1-3-5-21)27-25(20)19-12-14-26-15-13-19/h1-16H,17H2,(H,30,31)/b11-8+. The molecule has 158 valence electrons. The quantitative estimate of drug-likeness (QED) is 0.334. The van der Waals surface area contributed by atoms with Gasteiger partial charge in [-0.3, -0.25) is 9.78 Å². The summed E-state index contributed by atoms with van der Waals surface area (Å²) in [4.78, 5) is 27.3. The van der Waals surface area contributed by atoms with Gasteiger partial charge in [0.05, 0.1) is 5.69 Å². The molecule has 2 aromatic heterocycles. The lowest BCUT2D eigenvalue weighted by Crippen LogP contribution is -2.09. The maximum atomic E-state index is 12.7. The van der Waals surface area contributed by atoms with Crippen LogP contribution in [0.4, 0.5) is 0 Å². The molecule has 0 spiro atoms. The van der Waals surface area contributed by atoms with Crippen LogP contribution in [0.5, 0.6) is 5.75 Å². The lowest BCUT2D eigenvalue weighted by atomic mass is 10.1. The second-order valence-corrected chi connectivity index (χ2v) is 6.85. The van der Waals surface area contributed by atoms with Crippen molar-refractivity contribution in [2.75, 3.05) is 6.61 Å². The van der Waals surface area contributed by atoms with Crippen LogP contribution in [0.25, 0.3) is 23.0 Å². The molecular formula is C25H19N3O4. The molecule has 0 saturated carbocycles. The lowest BCUT2D eigenvalue weighted by Gasteiger charge is -2.03. The fourth-order valence-electron chi connectivity index (χ4n) is 3.08. The van der Waals surface area contributed by atoms with E-state index < -0.39 is 12.6 Å². The van der Waals surface area contributed by atoms with E-state index >= 15 is 0 Å². The van der Waals surface area contributed by atoms with Crippen molar-refractivity contribution in [2.45, 2.75) is 0 Å². The molecule has 0 bridgehead atoms. The highest BCUT2D eigenvalue weighted by molar-refractivity contribution is 6.07. The number of pyridine rings is 1. The Morgan fingerprint density at radius 3 is 2.38 bits per heavy atom. The van der Waals surface area contributed by atoms with Crippen molar-refractivity contribution in [2.24, 2.45) is 0 Å². The maximum Gasteiger partial charge on any atom is 0.341 e. The minimum atomic E-state index is -1.06. The van der Waals surface area contributed by atoms with Gasteiger partial charge < -0.3 is 9.84 Å². The fourth-order valence-corrected chi connectivity index (χ4v) is 3.08. The SMILES string of the molecule is O=C(O)COc1ccc(C(=O)/C=C/c2cn(-c3ccccc3)nc2-c2ccncc2)cc1. The number of hydrogen-bond donors (Lipinski definition) is 1. The molecule has 0 aliphatic heterocycles. The number of allylic oxidation sites excluding steroid dienone is 1. The first-order valence-corrected chi connectivity index (χ1v) is 9.83. The van der Waals surface area contributed by atoms with E-state index in [1.807, 2.05) is 48.7 Å². The third kappa shape index (κ3) is 4.96. The molecule has 0 unspecified atom stereocenters. The highest BCUT2D eigenvalue weighted by atomic mass is 16.5. The van der Waals surface area contributed by atoms with Gasteiger partial charge in [-0.2, -0.15) is 5.10 Å². The van der Waals surface area contributed by atoms with Crippen LogP contribution in [0.15, 0.2) is 91.4 Å². The zero-order valence-electron chi connectivity index (χ0n) is 17.0. The van der Waals surface area contributed by atoms with Crippen LogP contribution in [0.2, 0.25) is 0 Å². The summed E-state index contributed by atoms with van der Waals surface area (Å²) >= 11 is 0. The maximum absolute atomic E-state index is 12.7. The van der Waals surface area contributed by atoms with E-state index in [-0.39, 0.29) is 5.78 Å². The molecule has 0 amide bonds. The largest absolute Gasteiger partial charge is 0.482 e. The Morgan fingerprint density at radius 2 is 1.69 bits per heavy atom. The van der Waals surface area contributed by atoms with Crippen LogP contribution in [0.1, 0.15) is 15.9 Å². The van der Waals surface area contributed by atoms with Crippen molar-refractivity contribution in [1.82, 2.24) is 14.8 Å². The van der Waals surface area contributed by atoms with E-state index in [4.69, 9.17) is 14.9 Å². The van der Waals surface area contributed by atoms with E-state index in [1.54, 1.807) is 47.4 Å². The van der Waals surface area contributed by atoms with Crippen molar-refractivity contribution >= 4 is 17.8 Å². The number of aromatic nitrogens is 3. The molecule has 2 aromatic carbocycles. The van der Waals surface area contributed by atoms with Crippen LogP contribution in [-0.4, -0.2) is 38.2 Å². The Hall–Kier alpha value is -4.52. The minimum Gasteiger partial charge on any atom is -0.482 e. The summed E-state index contributed by atoms with van der Waals surface area (Å²) in [7, 11) is 0. The molecule has 4 rings (SSSR count). The number of hydrogen-bond acceptors (Lipinski definition) is 5. The predicted molar refractivity (Wildman–Crippen MR) is 120 cm³/mol. The number of ketones is 1. The van der Waals surface area contributed by atoms with Gasteiger partial charge in [-0.15, -0.1) is 0 Å². The van der Waals surface area contributed by atoms with Gasteiger partial charge in [0.2, 0.25) is 0 Å². The Morgan fingerprint density at radius 1 is 0.969 bits per heavy atom. The average Bonchev–Trinajstić information content (AvgIpc) is 3.27. The van der Waals surface area contributed by atoms with E-state index in [9.17, 15) is 9.59 Å². The van der Waals surface area contributed by atoms with E-state index in [0.717, 1.165) is 22.5 Å². The molecule has 32 heavy (non-hydrogen) atoms. The highest BCUT2D eigenvalue weighted by Gasteiger charge is 2.11. The Labute approximate surface area is 184 Å². The number of ether oxygens (including phenoxy) is 1. The Bertz CT molecular complexity index is 1250. The van der Waals surface area contributed by atoms with Crippen LogP contribution in [0.3, 0.4) is 0 Å². The summed E-state index contributed by atoms with van der Waals surface area (Å²) in [5.74, 6) is -0.867. The molecule has 4 aromatic rings.